The summed E-state index contributed by atoms with van der Waals surface area (Å²) in [5, 5.41) is 4.01. The molecule has 0 amide bonds. The molecule has 0 aliphatic carbocycles. The summed E-state index contributed by atoms with van der Waals surface area (Å²) in [7, 11) is 2.19. The van der Waals surface area contributed by atoms with Gasteiger partial charge in [-0.2, -0.15) is 0 Å². The van der Waals surface area contributed by atoms with Gasteiger partial charge in [-0.15, -0.1) is 0 Å². The Hall–Kier alpha value is -0.763. The molecule has 0 bridgehead atoms. The van der Waals surface area contributed by atoms with E-state index in [9.17, 15) is 0 Å². The third kappa shape index (κ3) is 3.38. The van der Waals surface area contributed by atoms with E-state index >= 15 is 0 Å². The molecule has 0 unspecified atom stereocenters. The van der Waals surface area contributed by atoms with E-state index in [0.29, 0.717) is 0 Å². The van der Waals surface area contributed by atoms with Gasteiger partial charge in [0.2, 0.25) is 0 Å². The second-order valence-electron chi connectivity index (χ2n) is 3.30. The van der Waals surface area contributed by atoms with Gasteiger partial charge < -0.3 is 0 Å². The van der Waals surface area contributed by atoms with Crippen molar-refractivity contribution in [3.8, 4) is 0 Å². The van der Waals surface area contributed by atoms with Gasteiger partial charge in [-0.25, -0.2) is 0 Å². The monoisotopic (exact) mass is 232 g/mol. The Morgan fingerprint density at radius 3 is 2.33 bits per heavy atom. The molecule has 7 heteroatoms. The zero-order valence-corrected chi connectivity index (χ0v) is 10.6. The quantitative estimate of drug-likeness (QED) is 0.632. The fraction of sp³-hybridized carbons (Fsp3) is 0.750. The van der Waals surface area contributed by atoms with Crippen LogP contribution in [-0.4, -0.2) is 44.9 Å². The Bertz CT molecular complexity index is 256. The summed E-state index contributed by atoms with van der Waals surface area (Å²) >= 11 is 0. The van der Waals surface area contributed by atoms with Crippen LogP contribution in [0.15, 0.2) is 12.7 Å². The van der Waals surface area contributed by atoms with E-state index in [1.165, 1.54) is 6.33 Å². The first-order valence-corrected chi connectivity index (χ1v) is 7.12. The van der Waals surface area contributed by atoms with Crippen molar-refractivity contribution in [3.63, 3.8) is 0 Å². The maximum atomic E-state index is 5.33. The van der Waals surface area contributed by atoms with Crippen LogP contribution >= 0.6 is 0 Å². The predicted molar refractivity (Wildman–Crippen MR) is 57.6 cm³/mol. The SMILES string of the molecule is CO[SiH-](CCCn1cncn1)(OC)OC. The Labute approximate surface area is 90.5 Å². The van der Waals surface area contributed by atoms with Gasteiger partial charge in [0.25, 0.3) is 0 Å². The van der Waals surface area contributed by atoms with Crippen LogP contribution in [-0.2, 0) is 19.8 Å². The summed E-state index contributed by atoms with van der Waals surface area (Å²) < 4.78 is 17.8. The van der Waals surface area contributed by atoms with Crippen LogP contribution in [0.25, 0.3) is 0 Å². The van der Waals surface area contributed by atoms with Crippen molar-refractivity contribution in [3.05, 3.63) is 12.7 Å². The third-order valence-corrected chi connectivity index (χ3v) is 5.76. The van der Waals surface area contributed by atoms with Crippen molar-refractivity contribution >= 4 is 8.80 Å². The van der Waals surface area contributed by atoms with Crippen molar-refractivity contribution in [1.29, 1.82) is 0 Å². The van der Waals surface area contributed by atoms with Crippen molar-refractivity contribution in [2.45, 2.75) is 19.0 Å². The fourth-order valence-corrected chi connectivity index (χ4v) is 3.46. The first kappa shape index (κ1) is 12.3. The van der Waals surface area contributed by atoms with Crippen LogP contribution in [0.4, 0.5) is 0 Å². The minimum atomic E-state index is -2.71. The zero-order valence-electron chi connectivity index (χ0n) is 9.42. The molecule has 0 spiro atoms. The molecule has 6 nitrogen and oxygen atoms in total. The predicted octanol–water partition coefficient (Wildman–Crippen LogP) is 0.279. The Morgan fingerprint density at radius 2 is 1.87 bits per heavy atom. The number of rotatable bonds is 7. The van der Waals surface area contributed by atoms with Gasteiger partial charge in [-0.3, -0.25) is 0 Å². The summed E-state index contributed by atoms with van der Waals surface area (Å²) in [5.74, 6) is 0. The number of hydrogen-bond donors (Lipinski definition) is 0. The summed E-state index contributed by atoms with van der Waals surface area (Å²) in [6.07, 6.45) is 4.12. The van der Waals surface area contributed by atoms with E-state index in [0.717, 1.165) is 19.0 Å². The Balaban J connectivity index is 2.34. The summed E-state index contributed by atoms with van der Waals surface area (Å²) in [5.41, 5.74) is 0. The van der Waals surface area contributed by atoms with Gasteiger partial charge in [0, 0.05) is 0 Å². The molecular formula is C8H18N3O3Si-. The fourth-order valence-electron chi connectivity index (χ4n) is 1.49. The molecular weight excluding hydrogens is 214 g/mol. The van der Waals surface area contributed by atoms with Gasteiger partial charge in [0.15, 0.2) is 0 Å². The van der Waals surface area contributed by atoms with E-state index in [2.05, 4.69) is 10.1 Å². The standard InChI is InChI=1S/C8H18N3O3Si/c1-12-15(13-2,14-3)6-4-5-11-8-9-7-10-11/h7-8,15H,4-6H2,1-3H3/q-1. The van der Waals surface area contributed by atoms with Crippen LogP contribution in [0.1, 0.15) is 6.42 Å². The van der Waals surface area contributed by atoms with Gasteiger partial charge in [0.05, 0.1) is 0 Å². The Kier molecular flexibility index (Phi) is 4.89. The molecule has 88 valence electrons. The molecule has 0 atom stereocenters. The van der Waals surface area contributed by atoms with Crippen LogP contribution in [0.2, 0.25) is 6.04 Å². The molecule has 15 heavy (non-hydrogen) atoms. The van der Waals surface area contributed by atoms with Crippen molar-refractivity contribution in [2.24, 2.45) is 0 Å². The molecule has 0 aliphatic heterocycles. The molecule has 0 saturated heterocycles. The summed E-state index contributed by atoms with van der Waals surface area (Å²) in [6, 6.07) is 0.802. The average Bonchev–Trinajstić information content (AvgIpc) is 2.78. The second-order valence-corrected chi connectivity index (χ2v) is 6.87. The molecule has 1 rings (SSSR count). The first-order chi connectivity index (χ1) is 7.26. The van der Waals surface area contributed by atoms with E-state index in [-0.39, 0.29) is 0 Å². The van der Waals surface area contributed by atoms with E-state index in [1.54, 1.807) is 32.3 Å². The molecule has 0 aliphatic rings. The normalized spacial score (nSPS) is 13.0. The van der Waals surface area contributed by atoms with E-state index in [4.69, 9.17) is 13.3 Å². The van der Waals surface area contributed by atoms with Crippen molar-refractivity contribution < 1.29 is 13.3 Å². The molecule has 1 heterocycles. The van der Waals surface area contributed by atoms with Gasteiger partial charge in [-0.1, -0.05) is 0 Å². The van der Waals surface area contributed by atoms with Gasteiger partial charge in [0.1, 0.15) is 0 Å². The maximum absolute atomic E-state index is 5.33. The second kappa shape index (κ2) is 5.96. The molecule has 0 radical (unpaired) electrons. The number of aryl methyl sites for hydroxylation is 1. The van der Waals surface area contributed by atoms with Crippen LogP contribution < -0.4 is 0 Å². The molecule has 1 aromatic heterocycles. The van der Waals surface area contributed by atoms with Gasteiger partial charge >= 0.3 is 89.8 Å². The number of aromatic nitrogens is 3. The Morgan fingerprint density at radius 1 is 1.20 bits per heavy atom. The summed E-state index contributed by atoms with van der Waals surface area (Å²) in [4.78, 5) is 3.87. The van der Waals surface area contributed by atoms with Crippen molar-refractivity contribution in [1.82, 2.24) is 14.8 Å². The molecule has 1 aromatic rings. The molecule has 0 N–H and O–H groups in total. The van der Waals surface area contributed by atoms with Crippen LogP contribution in [0.3, 0.4) is 0 Å². The van der Waals surface area contributed by atoms with Crippen molar-refractivity contribution in [2.75, 3.05) is 21.3 Å². The number of nitrogens with zero attached hydrogens (tertiary/aromatic N) is 3. The zero-order chi connectivity index (χ0) is 11.1. The minimum absolute atomic E-state index is 0.802. The van der Waals surface area contributed by atoms with Crippen LogP contribution in [0, 0.1) is 0 Å². The summed E-state index contributed by atoms with van der Waals surface area (Å²) in [6.45, 7) is 0.803. The topological polar surface area (TPSA) is 58.4 Å². The molecule has 0 saturated carbocycles. The third-order valence-electron chi connectivity index (χ3n) is 2.49. The first-order valence-electron chi connectivity index (χ1n) is 4.89. The molecule has 0 fully saturated rings. The van der Waals surface area contributed by atoms with E-state index < -0.39 is 8.80 Å². The molecule has 0 aromatic carbocycles. The van der Waals surface area contributed by atoms with Crippen LogP contribution in [0.5, 0.6) is 0 Å². The van der Waals surface area contributed by atoms with Gasteiger partial charge in [-0.05, 0) is 0 Å². The van der Waals surface area contributed by atoms with E-state index in [1.807, 2.05) is 0 Å². The number of hydrogen-bond acceptors (Lipinski definition) is 5. The average molecular weight is 232 g/mol.